The topological polar surface area (TPSA) is 82.5 Å². The quantitative estimate of drug-likeness (QED) is 0.348. The molecule has 12 heteroatoms. The van der Waals surface area contributed by atoms with Crippen molar-refractivity contribution < 1.29 is 31.9 Å². The van der Waals surface area contributed by atoms with Gasteiger partial charge in [0, 0.05) is 80.4 Å². The number of hydrogen-bond donors (Lipinski definition) is 1. The van der Waals surface area contributed by atoms with E-state index in [-0.39, 0.29) is 50.7 Å². The number of benzene rings is 1. The monoisotopic (exact) mass is 535 g/mol. The highest BCUT2D eigenvalue weighted by Crippen LogP contribution is 2.35. The van der Waals surface area contributed by atoms with E-state index in [1.54, 1.807) is 29.2 Å². The molecule has 0 aliphatic carbocycles. The maximum atomic E-state index is 13.8. The number of carbonyl (C=O) groups excluding carboxylic acids is 1. The zero-order valence-electron chi connectivity index (χ0n) is 20.3. The normalized spacial score (nSPS) is 19.4. The number of likely N-dealkylation sites (tertiary alicyclic amines) is 1. The molecule has 1 N–H and O–H groups in total. The van der Waals surface area contributed by atoms with Crippen molar-refractivity contribution in [2.75, 3.05) is 31.1 Å². The first-order chi connectivity index (χ1) is 18.0. The Bertz CT molecular complexity index is 1300. The first-order valence-electron chi connectivity index (χ1n) is 12.4. The summed E-state index contributed by atoms with van der Waals surface area (Å²) in [6, 6.07) is 8.23. The van der Waals surface area contributed by atoms with E-state index < -0.39 is 24.0 Å². The lowest BCUT2D eigenvalue weighted by Gasteiger charge is -2.37. The highest BCUT2D eigenvalue weighted by atomic mass is 19.4. The molecule has 7 nitrogen and oxygen atoms in total. The number of halogens is 5. The van der Waals surface area contributed by atoms with E-state index in [9.17, 15) is 31.9 Å². The summed E-state index contributed by atoms with van der Waals surface area (Å²) in [4.78, 5) is 28.5. The Kier molecular flexibility index (Phi) is 7.03. The van der Waals surface area contributed by atoms with E-state index in [1.165, 1.54) is 0 Å². The largest absolute Gasteiger partial charge is 0.451 e. The highest BCUT2D eigenvalue weighted by molar-refractivity contribution is 6.07. The van der Waals surface area contributed by atoms with E-state index in [2.05, 4.69) is 15.0 Å². The lowest BCUT2D eigenvalue weighted by Crippen LogP contribution is -2.51. The Morgan fingerprint density at radius 3 is 2.39 bits per heavy atom. The third kappa shape index (κ3) is 5.60. The molecule has 2 aromatic heterocycles. The highest BCUT2D eigenvalue weighted by Gasteiger charge is 2.38. The van der Waals surface area contributed by atoms with Gasteiger partial charge < -0.3 is 10.0 Å². The van der Waals surface area contributed by atoms with Crippen LogP contribution in [0.3, 0.4) is 0 Å². The van der Waals surface area contributed by atoms with Gasteiger partial charge in [0.15, 0.2) is 5.78 Å². The second-order valence-electron chi connectivity index (χ2n) is 9.81. The molecular weight excluding hydrogens is 509 g/mol. The minimum Gasteiger partial charge on any atom is -0.389 e. The first kappa shape index (κ1) is 26.4. The van der Waals surface area contributed by atoms with Gasteiger partial charge in [-0.15, -0.1) is 0 Å². The van der Waals surface area contributed by atoms with Crippen LogP contribution in [0.5, 0.6) is 0 Å². The number of ketones is 1. The molecule has 1 unspecified atom stereocenters. The van der Waals surface area contributed by atoms with E-state index in [1.807, 2.05) is 11.0 Å². The number of Topliss-reactive ketones (excluding diaryl/α,β-unsaturated/α-hetero) is 1. The zero-order chi connectivity index (χ0) is 27.1. The Hall–Kier alpha value is -3.25. The van der Waals surface area contributed by atoms with Gasteiger partial charge >= 0.3 is 6.18 Å². The average Bonchev–Trinajstić information content (AvgIpc) is 2.86. The fourth-order valence-corrected chi connectivity index (χ4v) is 4.99. The molecule has 0 spiro atoms. The fourth-order valence-electron chi connectivity index (χ4n) is 4.99. The van der Waals surface area contributed by atoms with Crippen LogP contribution in [-0.2, 0) is 6.18 Å². The summed E-state index contributed by atoms with van der Waals surface area (Å²) in [7, 11) is 0. The third-order valence-electron chi connectivity index (χ3n) is 7.13. The molecule has 202 valence electrons. The molecule has 1 atom stereocenters. The standard InChI is InChI=1S/C26H26F5N5O2/c27-25(28)8-10-35(11-9-25)21(16-12-32-24(33-13-16)26(29,30)31)5-6-22(38)19-2-1-3-20-18(19)4-7-23(34-20)36-14-17(37)15-36/h1-4,7,12-13,17,21,37H,5-6,8-11,14-15H2. The van der Waals surface area contributed by atoms with Crippen molar-refractivity contribution in [3.63, 3.8) is 0 Å². The summed E-state index contributed by atoms with van der Waals surface area (Å²) in [5.41, 5.74) is 1.43. The Morgan fingerprint density at radius 1 is 1.08 bits per heavy atom. The van der Waals surface area contributed by atoms with Gasteiger partial charge in [-0.05, 0) is 24.6 Å². The van der Waals surface area contributed by atoms with Crippen LogP contribution in [0.4, 0.5) is 27.8 Å². The van der Waals surface area contributed by atoms with Gasteiger partial charge in [-0.3, -0.25) is 9.69 Å². The van der Waals surface area contributed by atoms with Crippen LogP contribution < -0.4 is 4.90 Å². The number of nitrogens with zero attached hydrogens (tertiary/aromatic N) is 5. The third-order valence-corrected chi connectivity index (χ3v) is 7.13. The van der Waals surface area contributed by atoms with Crippen LogP contribution in [-0.4, -0.2) is 68.9 Å². The van der Waals surface area contributed by atoms with Gasteiger partial charge in [0.25, 0.3) is 5.92 Å². The van der Waals surface area contributed by atoms with Crippen LogP contribution in [0.15, 0.2) is 42.7 Å². The number of fused-ring (bicyclic) bond motifs is 1. The number of carbonyl (C=O) groups is 1. The molecule has 1 aromatic carbocycles. The smallest absolute Gasteiger partial charge is 0.389 e. The summed E-state index contributed by atoms with van der Waals surface area (Å²) in [6.45, 7) is 1.07. The molecule has 2 aliphatic rings. The number of rotatable bonds is 7. The maximum absolute atomic E-state index is 13.8. The van der Waals surface area contributed by atoms with E-state index in [0.717, 1.165) is 12.4 Å². The molecule has 2 aliphatic heterocycles. The van der Waals surface area contributed by atoms with Crippen molar-refractivity contribution in [1.29, 1.82) is 0 Å². The van der Waals surface area contributed by atoms with Gasteiger partial charge in [-0.2, -0.15) is 13.2 Å². The van der Waals surface area contributed by atoms with E-state index in [4.69, 9.17) is 0 Å². The number of anilines is 1. The molecule has 2 fully saturated rings. The number of aromatic nitrogens is 3. The first-order valence-corrected chi connectivity index (χ1v) is 12.4. The number of aliphatic hydroxyl groups is 1. The predicted molar refractivity (Wildman–Crippen MR) is 129 cm³/mol. The summed E-state index contributed by atoms with van der Waals surface area (Å²) < 4.78 is 66.4. The minimum atomic E-state index is -4.70. The lowest BCUT2D eigenvalue weighted by molar-refractivity contribution is -0.145. The van der Waals surface area contributed by atoms with Crippen LogP contribution in [0.1, 0.15) is 53.5 Å². The maximum Gasteiger partial charge on any atom is 0.451 e. The van der Waals surface area contributed by atoms with Gasteiger partial charge in [-0.1, -0.05) is 12.1 Å². The average molecular weight is 536 g/mol. The van der Waals surface area contributed by atoms with Crippen molar-refractivity contribution in [3.05, 3.63) is 59.7 Å². The molecule has 2 saturated heterocycles. The minimum absolute atomic E-state index is 0.0394. The molecular formula is C26H26F5N5O2. The van der Waals surface area contributed by atoms with Crippen molar-refractivity contribution in [2.45, 2.75) is 49.9 Å². The Balaban J connectivity index is 1.35. The van der Waals surface area contributed by atoms with Crippen molar-refractivity contribution in [2.24, 2.45) is 0 Å². The summed E-state index contributed by atoms with van der Waals surface area (Å²) in [5, 5.41) is 10.2. The fraction of sp³-hybridized carbons (Fsp3) is 0.462. The number of β-amino-alcohol motifs (C(OH)–C–C–N with tert-alkyl or cyclic N) is 1. The van der Waals surface area contributed by atoms with E-state index >= 15 is 0 Å². The Labute approximate surface area is 215 Å². The number of aliphatic hydroxyl groups excluding tert-OH is 1. The molecule has 5 rings (SSSR count). The van der Waals surface area contributed by atoms with E-state index in [0.29, 0.717) is 40.9 Å². The van der Waals surface area contributed by atoms with Crippen molar-refractivity contribution in [1.82, 2.24) is 19.9 Å². The van der Waals surface area contributed by atoms with Crippen LogP contribution in [0.2, 0.25) is 0 Å². The van der Waals surface area contributed by atoms with Gasteiger partial charge in [-0.25, -0.2) is 23.7 Å². The molecule has 3 aromatic rings. The lowest BCUT2D eigenvalue weighted by atomic mass is 9.94. The zero-order valence-corrected chi connectivity index (χ0v) is 20.3. The van der Waals surface area contributed by atoms with Crippen LogP contribution in [0, 0.1) is 0 Å². The number of alkyl halides is 5. The van der Waals surface area contributed by atoms with Crippen LogP contribution >= 0.6 is 0 Å². The van der Waals surface area contributed by atoms with Gasteiger partial charge in [0.1, 0.15) is 5.82 Å². The van der Waals surface area contributed by atoms with Crippen molar-refractivity contribution in [3.8, 4) is 0 Å². The number of piperidine rings is 1. The molecule has 0 saturated carbocycles. The Morgan fingerprint density at radius 2 is 1.76 bits per heavy atom. The van der Waals surface area contributed by atoms with Gasteiger partial charge in [0.05, 0.1) is 11.6 Å². The second kappa shape index (κ2) is 10.1. The SMILES string of the molecule is O=C(CCC(c1cnc(C(F)(F)F)nc1)N1CCC(F)(F)CC1)c1cccc2nc(N3CC(O)C3)ccc12. The molecule has 0 radical (unpaired) electrons. The molecule has 4 heterocycles. The molecule has 0 bridgehead atoms. The van der Waals surface area contributed by atoms with Crippen LogP contribution in [0.25, 0.3) is 10.9 Å². The summed E-state index contributed by atoms with van der Waals surface area (Å²) in [5.74, 6) is -3.56. The number of pyridine rings is 1. The molecule has 0 amide bonds. The van der Waals surface area contributed by atoms with Crippen molar-refractivity contribution >= 4 is 22.5 Å². The predicted octanol–water partition coefficient (Wildman–Crippen LogP) is 4.66. The second-order valence-corrected chi connectivity index (χ2v) is 9.81. The van der Waals surface area contributed by atoms with Gasteiger partial charge in [0.2, 0.25) is 5.82 Å². The molecule has 38 heavy (non-hydrogen) atoms. The summed E-state index contributed by atoms with van der Waals surface area (Å²) >= 11 is 0. The number of hydrogen-bond acceptors (Lipinski definition) is 7. The summed E-state index contributed by atoms with van der Waals surface area (Å²) in [6.07, 6.45) is -3.45.